The van der Waals surface area contributed by atoms with Crippen LogP contribution in [0.4, 0.5) is 0 Å². The molecule has 2 aromatic carbocycles. The van der Waals surface area contributed by atoms with Crippen LogP contribution in [0.25, 0.3) is 5.70 Å². The molecule has 2 N–H and O–H groups in total. The first-order chi connectivity index (χ1) is 12.1. The highest BCUT2D eigenvalue weighted by Gasteiger charge is 2.27. The molecule has 1 amide bonds. The minimum atomic E-state index is -0.714. The Hall–Kier alpha value is -2.49. The highest BCUT2D eigenvalue weighted by Crippen LogP contribution is 2.42. The molecule has 0 unspecified atom stereocenters. The van der Waals surface area contributed by atoms with Crippen LogP contribution in [0, 0.1) is 11.3 Å². The van der Waals surface area contributed by atoms with E-state index >= 15 is 0 Å². The van der Waals surface area contributed by atoms with Crippen LogP contribution >= 0.6 is 27.7 Å². The van der Waals surface area contributed by atoms with Gasteiger partial charge in [-0.15, -0.1) is 0 Å². The molecular formula is C19H14BrN3OS. The number of halogens is 1. The summed E-state index contributed by atoms with van der Waals surface area (Å²) < 4.78 is 0.989. The van der Waals surface area contributed by atoms with Crippen molar-refractivity contribution >= 4 is 39.3 Å². The first-order valence-corrected chi connectivity index (χ1v) is 9.16. The number of nitrogens with zero attached hydrogens (tertiary/aromatic N) is 2. The minimum absolute atomic E-state index is 0.0238. The smallest absolute Gasteiger partial charge is 0.262 e. The van der Waals surface area contributed by atoms with E-state index in [-0.39, 0.29) is 5.57 Å². The van der Waals surface area contributed by atoms with E-state index in [0.717, 1.165) is 21.3 Å². The Bertz CT molecular complexity index is 899. The fourth-order valence-corrected chi connectivity index (χ4v) is 3.82. The van der Waals surface area contributed by atoms with Gasteiger partial charge in [0.2, 0.25) is 0 Å². The Labute approximate surface area is 158 Å². The molecule has 0 aromatic heterocycles. The van der Waals surface area contributed by atoms with Gasteiger partial charge in [0.1, 0.15) is 16.7 Å². The van der Waals surface area contributed by atoms with Gasteiger partial charge in [-0.05, 0) is 23.3 Å². The highest BCUT2D eigenvalue weighted by molar-refractivity contribution is 9.10. The molecule has 124 valence electrons. The lowest BCUT2D eigenvalue weighted by Crippen LogP contribution is -2.22. The third-order valence-corrected chi connectivity index (χ3v) is 5.23. The normalized spacial score (nSPS) is 15.5. The van der Waals surface area contributed by atoms with E-state index in [1.54, 1.807) is 0 Å². The van der Waals surface area contributed by atoms with Crippen LogP contribution in [0.5, 0.6) is 0 Å². The molecule has 0 spiro atoms. The van der Waals surface area contributed by atoms with Crippen molar-refractivity contribution in [3.8, 4) is 6.07 Å². The predicted octanol–water partition coefficient (Wildman–Crippen LogP) is 4.22. The van der Waals surface area contributed by atoms with Gasteiger partial charge >= 0.3 is 0 Å². The van der Waals surface area contributed by atoms with Crippen molar-refractivity contribution in [2.45, 2.75) is 6.54 Å². The van der Waals surface area contributed by atoms with Crippen LogP contribution in [-0.2, 0) is 11.3 Å². The van der Waals surface area contributed by atoms with Crippen LogP contribution < -0.4 is 5.73 Å². The Balaban J connectivity index is 2.04. The molecule has 0 aliphatic carbocycles. The zero-order valence-electron chi connectivity index (χ0n) is 13.1. The van der Waals surface area contributed by atoms with E-state index < -0.39 is 5.91 Å². The first kappa shape index (κ1) is 17.3. The first-order valence-electron chi connectivity index (χ1n) is 7.48. The van der Waals surface area contributed by atoms with E-state index in [2.05, 4.69) is 15.9 Å². The number of nitriles is 1. The summed E-state index contributed by atoms with van der Waals surface area (Å²) in [7, 11) is 0. The molecule has 3 rings (SSSR count). The quantitative estimate of drug-likeness (QED) is 0.603. The average Bonchev–Trinajstić information content (AvgIpc) is 3.00. The maximum absolute atomic E-state index is 11.7. The third-order valence-electron chi connectivity index (χ3n) is 3.71. The number of thioether (sulfide) groups is 1. The molecule has 4 nitrogen and oxygen atoms in total. The second-order valence-corrected chi connectivity index (χ2v) is 7.13. The van der Waals surface area contributed by atoms with Crippen molar-refractivity contribution in [1.82, 2.24) is 4.90 Å². The summed E-state index contributed by atoms with van der Waals surface area (Å²) in [6, 6.07) is 19.7. The molecule has 1 aliphatic heterocycles. The molecule has 25 heavy (non-hydrogen) atoms. The van der Waals surface area contributed by atoms with Gasteiger partial charge in [-0.25, -0.2) is 0 Å². The fourth-order valence-electron chi connectivity index (χ4n) is 2.52. The molecule has 0 bridgehead atoms. The molecule has 0 fully saturated rings. The number of amides is 1. The third kappa shape index (κ3) is 3.78. The number of hydrogen-bond donors (Lipinski definition) is 1. The lowest BCUT2D eigenvalue weighted by atomic mass is 10.1. The van der Waals surface area contributed by atoms with Crippen LogP contribution in [0.2, 0.25) is 0 Å². The maximum atomic E-state index is 11.7. The Morgan fingerprint density at radius 3 is 2.44 bits per heavy atom. The van der Waals surface area contributed by atoms with E-state index in [1.165, 1.54) is 11.8 Å². The van der Waals surface area contributed by atoms with E-state index in [1.807, 2.05) is 71.0 Å². The predicted molar refractivity (Wildman–Crippen MR) is 104 cm³/mol. The molecule has 0 atom stereocenters. The summed E-state index contributed by atoms with van der Waals surface area (Å²) in [6.45, 7) is 0.545. The fraction of sp³-hybridized carbons (Fsp3) is 0.0526. The number of carbonyl (C=O) groups excluding carboxylic acids is 1. The average molecular weight is 412 g/mol. The van der Waals surface area contributed by atoms with Gasteiger partial charge in [0, 0.05) is 16.4 Å². The highest BCUT2D eigenvalue weighted by atomic mass is 79.9. The zero-order valence-corrected chi connectivity index (χ0v) is 15.5. The summed E-state index contributed by atoms with van der Waals surface area (Å²) in [6.07, 6.45) is 0. The minimum Gasteiger partial charge on any atom is -0.365 e. The van der Waals surface area contributed by atoms with Gasteiger partial charge in [0.05, 0.1) is 5.70 Å². The standard InChI is InChI=1S/C19H14BrN3OS/c20-15-8-6-14(7-9-15)17-12-25-19(16(10-21)18(22)24)23(17)11-13-4-2-1-3-5-13/h1-9,12H,11H2,(H2,22,24)/b19-16-. The molecule has 0 saturated heterocycles. The van der Waals surface area contributed by atoms with Gasteiger partial charge in [-0.1, -0.05) is 70.2 Å². The number of nitrogens with two attached hydrogens (primary N) is 1. The van der Waals surface area contributed by atoms with Gasteiger partial charge < -0.3 is 10.6 Å². The maximum Gasteiger partial charge on any atom is 0.262 e. The number of primary amides is 1. The number of hydrogen-bond acceptors (Lipinski definition) is 4. The number of rotatable bonds is 4. The van der Waals surface area contributed by atoms with E-state index in [9.17, 15) is 10.1 Å². The summed E-state index contributed by atoms with van der Waals surface area (Å²) in [5.41, 5.74) is 8.39. The van der Waals surface area contributed by atoms with Crippen molar-refractivity contribution in [3.05, 3.63) is 86.2 Å². The second-order valence-electron chi connectivity index (χ2n) is 5.36. The van der Waals surface area contributed by atoms with Crippen LogP contribution in [0.15, 0.2) is 75.1 Å². The van der Waals surface area contributed by atoms with Crippen LogP contribution in [-0.4, -0.2) is 10.8 Å². The Morgan fingerprint density at radius 2 is 1.84 bits per heavy atom. The zero-order chi connectivity index (χ0) is 17.8. The SMILES string of the molecule is N#C/C(C(N)=O)=C1/SC=C(c2ccc(Br)cc2)N1Cc1ccccc1. The van der Waals surface area contributed by atoms with Gasteiger partial charge in [-0.2, -0.15) is 5.26 Å². The molecule has 1 heterocycles. The largest absolute Gasteiger partial charge is 0.365 e. The molecule has 0 saturated carbocycles. The van der Waals surface area contributed by atoms with E-state index in [0.29, 0.717) is 11.6 Å². The summed E-state index contributed by atoms with van der Waals surface area (Å²) in [4.78, 5) is 13.6. The van der Waals surface area contributed by atoms with Crippen molar-refractivity contribution < 1.29 is 4.79 Å². The summed E-state index contributed by atoms with van der Waals surface area (Å²) >= 11 is 4.78. The number of benzene rings is 2. The number of carbonyl (C=O) groups is 1. The molecule has 6 heteroatoms. The lowest BCUT2D eigenvalue weighted by Gasteiger charge is -2.24. The molecule has 2 aromatic rings. The summed E-state index contributed by atoms with van der Waals surface area (Å²) in [5.74, 6) is -0.714. The van der Waals surface area contributed by atoms with Gasteiger partial charge in [-0.3, -0.25) is 4.79 Å². The van der Waals surface area contributed by atoms with Gasteiger partial charge in [0.15, 0.2) is 0 Å². The topological polar surface area (TPSA) is 70.1 Å². The van der Waals surface area contributed by atoms with Crippen molar-refractivity contribution in [2.75, 3.05) is 0 Å². The Morgan fingerprint density at radius 1 is 1.16 bits per heavy atom. The summed E-state index contributed by atoms with van der Waals surface area (Å²) in [5, 5.41) is 11.9. The van der Waals surface area contributed by atoms with E-state index in [4.69, 9.17) is 5.73 Å². The van der Waals surface area contributed by atoms with Gasteiger partial charge in [0.25, 0.3) is 5.91 Å². The molecular weight excluding hydrogens is 398 g/mol. The molecule has 1 aliphatic rings. The van der Waals surface area contributed by atoms with Crippen molar-refractivity contribution in [1.29, 1.82) is 5.26 Å². The second kappa shape index (κ2) is 7.60. The lowest BCUT2D eigenvalue weighted by molar-refractivity contribution is -0.114. The Kier molecular flexibility index (Phi) is 5.27. The van der Waals surface area contributed by atoms with Crippen molar-refractivity contribution in [3.63, 3.8) is 0 Å². The monoisotopic (exact) mass is 411 g/mol. The van der Waals surface area contributed by atoms with Crippen LogP contribution in [0.3, 0.4) is 0 Å². The van der Waals surface area contributed by atoms with Crippen LogP contribution in [0.1, 0.15) is 11.1 Å². The molecule has 0 radical (unpaired) electrons. The van der Waals surface area contributed by atoms with Crippen molar-refractivity contribution in [2.24, 2.45) is 5.73 Å².